The SMILES string of the molecule is B[C@H]1O[C@@H](CC)C2OCOC21. The van der Waals surface area contributed by atoms with Gasteiger partial charge in [-0.05, 0) is 6.42 Å². The topological polar surface area (TPSA) is 27.7 Å². The minimum atomic E-state index is 0.181. The molecule has 0 aliphatic carbocycles. The van der Waals surface area contributed by atoms with Crippen molar-refractivity contribution in [3.63, 3.8) is 0 Å². The Hall–Kier alpha value is -0.0551. The maximum atomic E-state index is 5.63. The van der Waals surface area contributed by atoms with Gasteiger partial charge in [-0.25, -0.2) is 0 Å². The van der Waals surface area contributed by atoms with Crippen LogP contribution in [0.3, 0.4) is 0 Å². The molecule has 11 heavy (non-hydrogen) atoms. The number of fused-ring (bicyclic) bond motifs is 1. The van der Waals surface area contributed by atoms with Crippen LogP contribution in [0.1, 0.15) is 13.3 Å². The summed E-state index contributed by atoms with van der Waals surface area (Å²) in [5.41, 5.74) is 0. The standard InChI is InChI=1S/C7H13BO3/c1-2-4-5-6(7(8)11-4)10-3-9-5/h4-7H,2-3,8H2,1H3/t4-,5?,6?,7-/m0/s1. The van der Waals surface area contributed by atoms with Gasteiger partial charge in [0.25, 0.3) is 0 Å². The Morgan fingerprint density at radius 2 is 2.09 bits per heavy atom. The second-order valence-electron chi connectivity index (χ2n) is 3.17. The van der Waals surface area contributed by atoms with E-state index in [0.717, 1.165) is 6.42 Å². The van der Waals surface area contributed by atoms with Gasteiger partial charge in [-0.2, -0.15) is 0 Å². The third-order valence-electron chi connectivity index (χ3n) is 2.47. The van der Waals surface area contributed by atoms with Crippen LogP contribution in [0.4, 0.5) is 0 Å². The van der Waals surface area contributed by atoms with Crippen molar-refractivity contribution in [3.05, 3.63) is 0 Å². The molecule has 62 valence electrons. The van der Waals surface area contributed by atoms with Gasteiger partial charge in [0, 0.05) is 0 Å². The fraction of sp³-hybridized carbons (Fsp3) is 1.00. The predicted molar refractivity (Wildman–Crippen MR) is 42.1 cm³/mol. The molecule has 0 aromatic carbocycles. The molecule has 2 unspecified atom stereocenters. The van der Waals surface area contributed by atoms with Gasteiger partial charge in [0.2, 0.25) is 0 Å². The highest BCUT2D eigenvalue weighted by Gasteiger charge is 2.46. The summed E-state index contributed by atoms with van der Waals surface area (Å²) in [7, 11) is 2.04. The van der Waals surface area contributed by atoms with E-state index in [1.807, 2.05) is 7.85 Å². The zero-order valence-corrected chi connectivity index (χ0v) is 6.95. The molecule has 2 heterocycles. The smallest absolute Gasteiger partial charge is 0.147 e. The summed E-state index contributed by atoms with van der Waals surface area (Å²) in [6.07, 6.45) is 1.63. The van der Waals surface area contributed by atoms with E-state index in [2.05, 4.69) is 6.92 Å². The lowest BCUT2D eigenvalue weighted by Crippen LogP contribution is -2.29. The highest BCUT2D eigenvalue weighted by Crippen LogP contribution is 2.30. The fourth-order valence-electron chi connectivity index (χ4n) is 1.87. The first-order chi connectivity index (χ1) is 5.33. The zero-order chi connectivity index (χ0) is 7.84. The molecule has 3 nitrogen and oxygen atoms in total. The Labute approximate surface area is 67.4 Å². The maximum absolute atomic E-state index is 5.63. The normalized spacial score (nSPS) is 49.5. The number of hydrogen-bond acceptors (Lipinski definition) is 3. The van der Waals surface area contributed by atoms with Crippen LogP contribution in [-0.4, -0.2) is 39.0 Å². The molecule has 2 fully saturated rings. The zero-order valence-electron chi connectivity index (χ0n) is 6.95. The minimum Gasteiger partial charge on any atom is -0.378 e. The van der Waals surface area contributed by atoms with Gasteiger partial charge in [-0.1, -0.05) is 6.92 Å². The first-order valence-corrected chi connectivity index (χ1v) is 4.21. The molecule has 0 spiro atoms. The van der Waals surface area contributed by atoms with E-state index in [9.17, 15) is 0 Å². The Bertz CT molecular complexity index is 153. The summed E-state index contributed by atoms with van der Waals surface area (Å²) in [6.45, 7) is 2.56. The number of rotatable bonds is 1. The van der Waals surface area contributed by atoms with Crippen molar-refractivity contribution in [2.45, 2.75) is 37.7 Å². The first-order valence-electron chi connectivity index (χ1n) is 4.21. The molecule has 0 bridgehead atoms. The molecule has 4 heteroatoms. The van der Waals surface area contributed by atoms with Gasteiger partial charge in [0.1, 0.15) is 26.8 Å². The summed E-state index contributed by atoms with van der Waals surface area (Å²) in [4.78, 5) is 0. The van der Waals surface area contributed by atoms with Crippen molar-refractivity contribution in [1.82, 2.24) is 0 Å². The molecular formula is C7H13BO3. The van der Waals surface area contributed by atoms with Gasteiger partial charge in [0.15, 0.2) is 0 Å². The van der Waals surface area contributed by atoms with Crippen LogP contribution in [0, 0.1) is 0 Å². The molecule has 0 aromatic heterocycles. The average Bonchev–Trinajstić information content (AvgIpc) is 2.54. The molecule has 0 saturated carbocycles. The molecule has 2 aliphatic heterocycles. The van der Waals surface area contributed by atoms with Crippen LogP contribution in [-0.2, 0) is 14.2 Å². The van der Waals surface area contributed by atoms with E-state index in [4.69, 9.17) is 14.2 Å². The first kappa shape index (κ1) is 7.59. The van der Waals surface area contributed by atoms with Crippen LogP contribution in [0.15, 0.2) is 0 Å². The lowest BCUT2D eigenvalue weighted by atomic mass is 9.93. The van der Waals surface area contributed by atoms with Crippen molar-refractivity contribution in [1.29, 1.82) is 0 Å². The van der Waals surface area contributed by atoms with E-state index < -0.39 is 0 Å². The van der Waals surface area contributed by atoms with Crippen molar-refractivity contribution in [2.75, 3.05) is 6.79 Å². The lowest BCUT2D eigenvalue weighted by molar-refractivity contribution is -0.0529. The van der Waals surface area contributed by atoms with E-state index in [1.165, 1.54) is 0 Å². The third kappa shape index (κ3) is 1.09. The Balaban J connectivity index is 2.07. The van der Waals surface area contributed by atoms with Gasteiger partial charge in [-0.15, -0.1) is 0 Å². The number of ether oxygens (including phenoxy) is 3. The van der Waals surface area contributed by atoms with Crippen LogP contribution in [0.25, 0.3) is 0 Å². The molecule has 0 amide bonds. The quantitative estimate of drug-likeness (QED) is 0.479. The Kier molecular flexibility index (Phi) is 1.91. The summed E-state index contributed by atoms with van der Waals surface area (Å²) in [5, 5.41) is 0. The van der Waals surface area contributed by atoms with Crippen LogP contribution in [0.2, 0.25) is 0 Å². The predicted octanol–water partition coefficient (Wildman–Crippen LogP) is -0.504. The lowest BCUT2D eigenvalue weighted by Gasteiger charge is -2.12. The van der Waals surface area contributed by atoms with Crippen molar-refractivity contribution >= 4 is 7.85 Å². The van der Waals surface area contributed by atoms with E-state index in [-0.39, 0.29) is 24.3 Å². The van der Waals surface area contributed by atoms with Gasteiger partial charge in [0.05, 0.1) is 12.1 Å². The second-order valence-corrected chi connectivity index (χ2v) is 3.17. The largest absolute Gasteiger partial charge is 0.378 e. The van der Waals surface area contributed by atoms with E-state index in [0.29, 0.717) is 6.79 Å². The molecule has 0 radical (unpaired) electrons. The second kappa shape index (κ2) is 2.77. The van der Waals surface area contributed by atoms with Crippen LogP contribution in [0.5, 0.6) is 0 Å². The highest BCUT2D eigenvalue weighted by molar-refractivity contribution is 6.11. The fourth-order valence-corrected chi connectivity index (χ4v) is 1.87. The molecule has 2 rings (SSSR count). The minimum absolute atomic E-state index is 0.181. The third-order valence-corrected chi connectivity index (χ3v) is 2.47. The summed E-state index contributed by atoms with van der Waals surface area (Å²) in [6, 6.07) is 0.201. The molecule has 2 saturated heterocycles. The number of hydrogen-bond donors (Lipinski definition) is 0. The highest BCUT2D eigenvalue weighted by atomic mass is 16.7. The Morgan fingerprint density at radius 1 is 1.36 bits per heavy atom. The monoisotopic (exact) mass is 156 g/mol. The Morgan fingerprint density at radius 3 is 2.82 bits per heavy atom. The van der Waals surface area contributed by atoms with Crippen molar-refractivity contribution in [2.24, 2.45) is 0 Å². The molecule has 2 aliphatic rings. The summed E-state index contributed by atoms with van der Waals surface area (Å²) in [5.74, 6) is 0. The summed E-state index contributed by atoms with van der Waals surface area (Å²) >= 11 is 0. The van der Waals surface area contributed by atoms with Gasteiger partial charge in [-0.3, -0.25) is 0 Å². The van der Waals surface area contributed by atoms with Gasteiger partial charge >= 0.3 is 0 Å². The van der Waals surface area contributed by atoms with Gasteiger partial charge < -0.3 is 14.2 Å². The van der Waals surface area contributed by atoms with Crippen molar-refractivity contribution < 1.29 is 14.2 Å². The van der Waals surface area contributed by atoms with E-state index in [1.54, 1.807) is 0 Å². The van der Waals surface area contributed by atoms with Crippen molar-refractivity contribution in [3.8, 4) is 0 Å². The van der Waals surface area contributed by atoms with Crippen LogP contribution >= 0.6 is 0 Å². The summed E-state index contributed by atoms with van der Waals surface area (Å²) < 4.78 is 16.4. The van der Waals surface area contributed by atoms with Crippen LogP contribution < -0.4 is 0 Å². The molecule has 0 aromatic rings. The molecule has 0 N–H and O–H groups in total. The van der Waals surface area contributed by atoms with E-state index >= 15 is 0 Å². The maximum Gasteiger partial charge on any atom is 0.147 e. The molecular weight excluding hydrogens is 143 g/mol. The molecule has 4 atom stereocenters. The average molecular weight is 156 g/mol.